The van der Waals surface area contributed by atoms with Gasteiger partial charge in [0.05, 0.1) is 11.8 Å². The molecule has 1 fully saturated rings. The SMILES string of the molecule is Cc1ccc(C)c(NC(=O)C2CC2C(=O)Nc2cc(C)ccc2C)c1. The third-order valence-corrected chi connectivity index (χ3v) is 4.77. The molecule has 0 saturated heterocycles. The van der Waals surface area contributed by atoms with E-state index in [9.17, 15) is 9.59 Å². The number of anilines is 2. The summed E-state index contributed by atoms with van der Waals surface area (Å²) in [7, 11) is 0. The Kier molecular flexibility index (Phi) is 4.62. The van der Waals surface area contributed by atoms with Gasteiger partial charge >= 0.3 is 0 Å². The first-order valence-electron chi connectivity index (χ1n) is 8.61. The van der Waals surface area contributed by atoms with Crippen LogP contribution in [0.5, 0.6) is 0 Å². The lowest BCUT2D eigenvalue weighted by Crippen LogP contribution is -2.21. The maximum atomic E-state index is 12.4. The Morgan fingerprint density at radius 3 is 1.56 bits per heavy atom. The lowest BCUT2D eigenvalue weighted by Gasteiger charge is -2.10. The first kappa shape index (κ1) is 17.2. The van der Waals surface area contributed by atoms with Crippen molar-refractivity contribution in [3.8, 4) is 0 Å². The Labute approximate surface area is 148 Å². The monoisotopic (exact) mass is 336 g/mol. The second kappa shape index (κ2) is 6.71. The van der Waals surface area contributed by atoms with Crippen LogP contribution >= 0.6 is 0 Å². The van der Waals surface area contributed by atoms with Crippen LogP contribution in [0.3, 0.4) is 0 Å². The zero-order valence-electron chi connectivity index (χ0n) is 15.1. The summed E-state index contributed by atoms with van der Waals surface area (Å²) < 4.78 is 0. The summed E-state index contributed by atoms with van der Waals surface area (Å²) in [6, 6.07) is 11.9. The van der Waals surface area contributed by atoms with Crippen LogP contribution in [0, 0.1) is 39.5 Å². The Hall–Kier alpha value is -2.62. The van der Waals surface area contributed by atoms with E-state index in [2.05, 4.69) is 10.6 Å². The summed E-state index contributed by atoms with van der Waals surface area (Å²) in [6.07, 6.45) is 0.605. The molecule has 3 rings (SSSR count). The minimum atomic E-state index is -0.245. The minimum absolute atomic E-state index is 0.0742. The Bertz CT molecular complexity index is 772. The third kappa shape index (κ3) is 3.90. The fourth-order valence-corrected chi connectivity index (χ4v) is 2.97. The number of carbonyl (C=O) groups excluding carboxylic acids is 2. The molecule has 2 unspecified atom stereocenters. The molecule has 2 N–H and O–H groups in total. The molecule has 2 amide bonds. The van der Waals surface area contributed by atoms with Crippen LogP contribution in [0.4, 0.5) is 11.4 Å². The molecule has 0 aliphatic heterocycles. The number of hydrogen-bond acceptors (Lipinski definition) is 2. The van der Waals surface area contributed by atoms with Crippen molar-refractivity contribution >= 4 is 23.2 Å². The average Bonchev–Trinajstić information content (AvgIpc) is 3.35. The van der Waals surface area contributed by atoms with Crippen LogP contribution in [-0.2, 0) is 9.59 Å². The molecule has 25 heavy (non-hydrogen) atoms. The van der Waals surface area contributed by atoms with Gasteiger partial charge in [-0.2, -0.15) is 0 Å². The summed E-state index contributed by atoms with van der Waals surface area (Å²) in [5.41, 5.74) is 5.89. The Morgan fingerprint density at radius 2 is 1.16 bits per heavy atom. The van der Waals surface area contributed by atoms with Crippen LogP contribution in [0.25, 0.3) is 0 Å². The topological polar surface area (TPSA) is 58.2 Å². The molecule has 2 aromatic rings. The largest absolute Gasteiger partial charge is 0.326 e. The summed E-state index contributed by atoms with van der Waals surface area (Å²) in [4.78, 5) is 24.9. The van der Waals surface area contributed by atoms with E-state index in [4.69, 9.17) is 0 Å². The van der Waals surface area contributed by atoms with E-state index in [1.807, 2.05) is 64.1 Å². The molecule has 2 atom stereocenters. The van der Waals surface area contributed by atoms with Crippen LogP contribution in [0.15, 0.2) is 36.4 Å². The van der Waals surface area contributed by atoms with E-state index in [-0.39, 0.29) is 23.7 Å². The number of amides is 2. The van der Waals surface area contributed by atoms with Crippen LogP contribution in [0.2, 0.25) is 0 Å². The number of aryl methyl sites for hydroxylation is 4. The van der Waals surface area contributed by atoms with Crippen LogP contribution in [0.1, 0.15) is 28.7 Å². The molecule has 0 bridgehead atoms. The molecule has 0 aromatic heterocycles. The molecule has 1 saturated carbocycles. The van der Waals surface area contributed by atoms with Gasteiger partial charge in [0, 0.05) is 11.4 Å². The van der Waals surface area contributed by atoms with Gasteiger partial charge in [0.2, 0.25) is 11.8 Å². The quantitative estimate of drug-likeness (QED) is 0.882. The molecular weight excluding hydrogens is 312 g/mol. The number of benzene rings is 2. The van der Waals surface area contributed by atoms with Crippen molar-refractivity contribution in [3.05, 3.63) is 58.7 Å². The first-order chi connectivity index (χ1) is 11.8. The molecule has 4 heteroatoms. The molecule has 130 valence electrons. The summed E-state index contributed by atoms with van der Waals surface area (Å²) in [5.74, 6) is -0.639. The zero-order valence-corrected chi connectivity index (χ0v) is 15.1. The van der Waals surface area contributed by atoms with E-state index >= 15 is 0 Å². The standard InChI is InChI=1S/C21H24N2O2/c1-12-5-7-14(3)18(9-12)22-20(24)16-11-17(16)21(25)23-19-10-13(2)6-8-15(19)4/h5-10,16-17H,11H2,1-4H3,(H,22,24)(H,23,25). The predicted molar refractivity (Wildman–Crippen MR) is 101 cm³/mol. The van der Waals surface area contributed by atoms with E-state index in [0.29, 0.717) is 6.42 Å². The Morgan fingerprint density at radius 1 is 0.760 bits per heavy atom. The third-order valence-electron chi connectivity index (χ3n) is 4.77. The van der Waals surface area contributed by atoms with Gasteiger partial charge in [-0.05, 0) is 68.5 Å². The van der Waals surface area contributed by atoms with Gasteiger partial charge in [0.25, 0.3) is 0 Å². The summed E-state index contributed by atoms with van der Waals surface area (Å²) in [6.45, 7) is 7.92. The normalized spacial score (nSPS) is 18.6. The van der Waals surface area contributed by atoms with Gasteiger partial charge in [-0.3, -0.25) is 9.59 Å². The molecule has 1 aliphatic carbocycles. The van der Waals surface area contributed by atoms with Gasteiger partial charge in [0.1, 0.15) is 0 Å². The maximum Gasteiger partial charge on any atom is 0.228 e. The molecule has 0 radical (unpaired) electrons. The van der Waals surface area contributed by atoms with Crippen LogP contribution < -0.4 is 10.6 Å². The number of rotatable bonds is 4. The van der Waals surface area contributed by atoms with Gasteiger partial charge < -0.3 is 10.6 Å². The van der Waals surface area contributed by atoms with Crippen molar-refractivity contribution in [1.29, 1.82) is 0 Å². The highest BCUT2D eigenvalue weighted by molar-refractivity contribution is 6.03. The van der Waals surface area contributed by atoms with Gasteiger partial charge in [-0.1, -0.05) is 24.3 Å². The van der Waals surface area contributed by atoms with Crippen molar-refractivity contribution in [2.24, 2.45) is 11.8 Å². The number of nitrogens with one attached hydrogen (secondary N) is 2. The molecule has 0 heterocycles. The van der Waals surface area contributed by atoms with E-state index in [0.717, 1.165) is 33.6 Å². The fourth-order valence-electron chi connectivity index (χ4n) is 2.97. The molecule has 0 spiro atoms. The fraction of sp³-hybridized carbons (Fsp3) is 0.333. The summed E-state index contributed by atoms with van der Waals surface area (Å²) >= 11 is 0. The van der Waals surface area contributed by atoms with Crippen molar-refractivity contribution in [2.45, 2.75) is 34.1 Å². The zero-order chi connectivity index (χ0) is 18.1. The van der Waals surface area contributed by atoms with E-state index in [1.165, 1.54) is 0 Å². The number of carbonyl (C=O) groups is 2. The second-order valence-electron chi connectivity index (χ2n) is 7.06. The van der Waals surface area contributed by atoms with Gasteiger partial charge in [0.15, 0.2) is 0 Å². The number of hydrogen-bond donors (Lipinski definition) is 2. The van der Waals surface area contributed by atoms with Crippen molar-refractivity contribution in [3.63, 3.8) is 0 Å². The van der Waals surface area contributed by atoms with E-state index < -0.39 is 0 Å². The lowest BCUT2D eigenvalue weighted by atomic mass is 10.1. The van der Waals surface area contributed by atoms with Crippen molar-refractivity contribution < 1.29 is 9.59 Å². The van der Waals surface area contributed by atoms with Crippen molar-refractivity contribution in [1.82, 2.24) is 0 Å². The highest BCUT2D eigenvalue weighted by atomic mass is 16.2. The second-order valence-corrected chi connectivity index (χ2v) is 7.06. The highest BCUT2D eigenvalue weighted by Gasteiger charge is 2.48. The first-order valence-corrected chi connectivity index (χ1v) is 8.61. The van der Waals surface area contributed by atoms with Gasteiger partial charge in [-0.25, -0.2) is 0 Å². The van der Waals surface area contributed by atoms with Crippen LogP contribution in [-0.4, -0.2) is 11.8 Å². The van der Waals surface area contributed by atoms with Gasteiger partial charge in [-0.15, -0.1) is 0 Å². The average molecular weight is 336 g/mol. The predicted octanol–water partition coefficient (Wildman–Crippen LogP) is 4.13. The Balaban J connectivity index is 1.61. The van der Waals surface area contributed by atoms with Crippen molar-refractivity contribution in [2.75, 3.05) is 10.6 Å². The molecule has 1 aliphatic rings. The molecule has 4 nitrogen and oxygen atoms in total. The highest BCUT2D eigenvalue weighted by Crippen LogP contribution is 2.40. The molecule has 2 aromatic carbocycles. The van der Waals surface area contributed by atoms with E-state index in [1.54, 1.807) is 0 Å². The summed E-state index contributed by atoms with van der Waals surface area (Å²) in [5, 5.41) is 5.93. The maximum absolute atomic E-state index is 12.4. The lowest BCUT2D eigenvalue weighted by molar-refractivity contribution is -0.122. The minimum Gasteiger partial charge on any atom is -0.326 e. The smallest absolute Gasteiger partial charge is 0.228 e. The molecular formula is C21H24N2O2.